The van der Waals surface area contributed by atoms with Crippen molar-refractivity contribution in [3.8, 4) is 0 Å². The molecule has 8 fully saturated rings. The van der Waals surface area contributed by atoms with Gasteiger partial charge >= 0.3 is 0 Å². The fourth-order valence-electron chi connectivity index (χ4n) is 16.2. The number of aliphatic hydroxyl groups excluding tert-OH is 1. The normalized spacial score (nSPS) is 55.8. The Morgan fingerprint density at radius 1 is 0.745 bits per heavy atom. The van der Waals surface area contributed by atoms with E-state index in [1.54, 1.807) is 0 Å². The van der Waals surface area contributed by atoms with Crippen LogP contribution in [-0.2, 0) is 10.8 Å². The number of rotatable bonds is 1. The Kier molecular flexibility index (Phi) is 4.46. The summed E-state index contributed by atoms with van der Waals surface area (Å²) < 4.78 is 1.97. The lowest BCUT2D eigenvalue weighted by atomic mass is 9.52. The van der Waals surface area contributed by atoms with Crippen molar-refractivity contribution >= 4 is 11.4 Å². The molecule has 14 atom stereocenters. The van der Waals surface area contributed by atoms with E-state index in [0.717, 1.165) is 60.8 Å². The number of piperidine rings is 2. The Hall–Kier alpha value is -2.68. The van der Waals surface area contributed by atoms with E-state index >= 15 is 0 Å². The number of para-hydroxylation sites is 2. The second-order valence-electron chi connectivity index (χ2n) is 18.0. The zero-order chi connectivity index (χ0) is 31.7. The molecule has 8 aliphatic heterocycles. The van der Waals surface area contributed by atoms with E-state index < -0.39 is 11.4 Å². The van der Waals surface area contributed by atoms with Crippen LogP contribution < -0.4 is 9.80 Å². The molecular weight excluding hydrogens is 584 g/mol. The molecule has 14 unspecified atom stereocenters. The zero-order valence-corrected chi connectivity index (χ0v) is 27.9. The van der Waals surface area contributed by atoms with Crippen LogP contribution in [0.15, 0.2) is 71.8 Å². The van der Waals surface area contributed by atoms with Crippen molar-refractivity contribution in [1.29, 1.82) is 0 Å². The number of hydrogen-bond donors (Lipinski definition) is 3. The third-order valence-electron chi connectivity index (χ3n) is 17.2. The van der Waals surface area contributed by atoms with Gasteiger partial charge in [-0.05, 0) is 41.3 Å². The highest BCUT2D eigenvalue weighted by atomic mass is 16.3. The summed E-state index contributed by atoms with van der Waals surface area (Å²) in [6.45, 7) is 6.41. The molecular formula is C40H48N4O3+2. The first-order valence-corrected chi connectivity index (χ1v) is 18.5. The number of quaternary nitrogens is 2. The second-order valence-corrected chi connectivity index (χ2v) is 18.0. The van der Waals surface area contributed by atoms with E-state index in [9.17, 15) is 15.3 Å². The fourth-order valence-corrected chi connectivity index (χ4v) is 16.2. The Morgan fingerprint density at radius 2 is 1.21 bits per heavy atom. The highest BCUT2D eigenvalue weighted by molar-refractivity contribution is 5.78. The molecule has 47 heavy (non-hydrogen) atoms. The lowest BCUT2D eigenvalue weighted by Crippen LogP contribution is -2.77. The molecule has 2 spiro atoms. The summed E-state index contributed by atoms with van der Waals surface area (Å²) in [4.78, 5) is 5.13. The van der Waals surface area contributed by atoms with Gasteiger partial charge in [0.25, 0.3) is 0 Å². The number of hydrogen-bond acceptors (Lipinski definition) is 5. The number of nitrogens with zero attached hydrogens (tertiary/aromatic N) is 4. The number of aliphatic hydroxyl groups is 3. The van der Waals surface area contributed by atoms with Gasteiger partial charge in [-0.3, -0.25) is 0 Å². The second kappa shape index (κ2) is 7.71. The molecule has 12 rings (SSSR count). The lowest BCUT2D eigenvalue weighted by Gasteiger charge is -2.62. The fraction of sp³-hybridized carbons (Fsp3) is 0.600. The SMILES string of the molecule is C/C=C1/C[N+]2(C)CCC34c5ccccc5N5C6C(C(C1CC32)C54O)N1c2ccccc2C23CC[N+]4(C)C/C(=C/CO)C(CC24)C6C13O. The van der Waals surface area contributed by atoms with Crippen LogP contribution in [0.25, 0.3) is 0 Å². The molecule has 2 aliphatic carbocycles. The highest BCUT2D eigenvalue weighted by Crippen LogP contribution is 2.80. The van der Waals surface area contributed by atoms with E-state index in [1.165, 1.54) is 33.6 Å². The molecule has 2 saturated carbocycles. The zero-order valence-electron chi connectivity index (χ0n) is 27.9. The monoisotopic (exact) mass is 632 g/mol. The number of anilines is 2. The summed E-state index contributed by atoms with van der Waals surface area (Å²) in [7, 11) is 4.88. The average Bonchev–Trinajstić information content (AvgIpc) is 3.82. The minimum absolute atomic E-state index is 0.00630. The third kappa shape index (κ3) is 2.33. The predicted molar refractivity (Wildman–Crippen MR) is 179 cm³/mol. The molecule has 0 aromatic heterocycles. The van der Waals surface area contributed by atoms with Crippen molar-refractivity contribution in [2.45, 2.75) is 79.1 Å². The summed E-state index contributed by atoms with van der Waals surface area (Å²) in [6.07, 6.45) is 8.61. The summed E-state index contributed by atoms with van der Waals surface area (Å²) in [5.74, 6) is 0.358. The molecule has 2 aromatic carbocycles. The average molecular weight is 633 g/mol. The van der Waals surface area contributed by atoms with E-state index in [0.29, 0.717) is 12.1 Å². The van der Waals surface area contributed by atoms with Gasteiger partial charge in [0.1, 0.15) is 36.0 Å². The largest absolute Gasteiger partial charge is 0.392 e. The van der Waals surface area contributed by atoms with Gasteiger partial charge in [0.15, 0.2) is 11.4 Å². The molecule has 0 amide bonds. The van der Waals surface area contributed by atoms with Crippen LogP contribution >= 0.6 is 0 Å². The van der Waals surface area contributed by atoms with Crippen molar-refractivity contribution in [2.24, 2.45) is 23.7 Å². The molecule has 6 saturated heterocycles. The Labute approximate surface area is 277 Å². The van der Waals surface area contributed by atoms with Gasteiger partial charge in [0, 0.05) is 60.7 Å². The first kappa shape index (κ1) is 27.2. The van der Waals surface area contributed by atoms with E-state index in [2.05, 4.69) is 91.5 Å². The van der Waals surface area contributed by atoms with Crippen LogP contribution in [0.2, 0.25) is 0 Å². The quantitative estimate of drug-likeness (QED) is 0.333. The third-order valence-corrected chi connectivity index (χ3v) is 17.2. The van der Waals surface area contributed by atoms with Gasteiger partial charge in [-0.25, -0.2) is 0 Å². The Balaban J connectivity index is 1.20. The van der Waals surface area contributed by atoms with Crippen LogP contribution in [0.1, 0.15) is 43.7 Å². The molecule has 8 heterocycles. The number of likely N-dealkylation sites (N-methyl/N-ethyl adjacent to an activating group) is 2. The topological polar surface area (TPSA) is 67.2 Å². The lowest BCUT2D eigenvalue weighted by molar-refractivity contribution is -0.925. The molecule has 4 bridgehead atoms. The van der Waals surface area contributed by atoms with E-state index in [4.69, 9.17) is 0 Å². The van der Waals surface area contributed by atoms with Crippen LogP contribution in [0.4, 0.5) is 11.4 Å². The van der Waals surface area contributed by atoms with E-state index in [-0.39, 0.29) is 53.2 Å². The van der Waals surface area contributed by atoms with Crippen molar-refractivity contribution in [1.82, 2.24) is 0 Å². The molecule has 2 aromatic rings. The van der Waals surface area contributed by atoms with Crippen molar-refractivity contribution < 1.29 is 24.3 Å². The van der Waals surface area contributed by atoms with Crippen molar-refractivity contribution in [3.63, 3.8) is 0 Å². The molecule has 10 aliphatic rings. The molecule has 0 radical (unpaired) electrons. The first-order valence-electron chi connectivity index (χ1n) is 18.5. The predicted octanol–water partition coefficient (Wildman–Crippen LogP) is 3.25. The number of benzene rings is 2. The summed E-state index contributed by atoms with van der Waals surface area (Å²) in [5, 5.41) is 38.8. The maximum absolute atomic E-state index is 14.2. The minimum atomic E-state index is -1.06. The van der Waals surface area contributed by atoms with Gasteiger partial charge < -0.3 is 34.1 Å². The maximum Gasteiger partial charge on any atom is 0.159 e. The van der Waals surface area contributed by atoms with Crippen molar-refractivity contribution in [2.75, 3.05) is 56.7 Å². The number of allylic oxidation sites excluding steroid dienone is 1. The first-order chi connectivity index (χ1) is 22.7. The van der Waals surface area contributed by atoms with Crippen LogP contribution in [-0.4, -0.2) is 107 Å². The standard InChI is InChI=1S/C40H48N4O3/c1-4-23-21-43(2)16-14-37-27-9-5-8-12-30(27)42-36-34-26-20-32-38(15-17-44(32,3)22-24(26)13-18-45)28-10-6-7-11-29(28)41(40(34,38)47)35(36)33(39(37,42)46)25(23)19-31(37)43/h4-13,25-26,31-36,45-47H,14-22H2,1-3H3/q+2/b23-4-,24-13-. The van der Waals surface area contributed by atoms with Gasteiger partial charge in [0.05, 0.1) is 45.9 Å². The van der Waals surface area contributed by atoms with Gasteiger partial charge in [-0.1, -0.05) is 48.6 Å². The van der Waals surface area contributed by atoms with Crippen LogP contribution in [0, 0.1) is 23.7 Å². The molecule has 7 nitrogen and oxygen atoms in total. The highest BCUT2D eigenvalue weighted by Gasteiger charge is 2.91. The van der Waals surface area contributed by atoms with E-state index in [1.807, 2.05) is 0 Å². The molecule has 244 valence electrons. The summed E-state index contributed by atoms with van der Waals surface area (Å²) in [5.41, 5.74) is 5.26. The Morgan fingerprint density at radius 3 is 1.70 bits per heavy atom. The summed E-state index contributed by atoms with van der Waals surface area (Å²) in [6, 6.07) is 18.8. The van der Waals surface area contributed by atoms with Crippen LogP contribution in [0.5, 0.6) is 0 Å². The van der Waals surface area contributed by atoms with Crippen LogP contribution in [0.3, 0.4) is 0 Å². The smallest absolute Gasteiger partial charge is 0.159 e. The van der Waals surface area contributed by atoms with Gasteiger partial charge in [0.2, 0.25) is 0 Å². The van der Waals surface area contributed by atoms with Crippen molar-refractivity contribution in [3.05, 3.63) is 83.0 Å². The van der Waals surface area contributed by atoms with Gasteiger partial charge in [-0.15, -0.1) is 0 Å². The molecule has 3 N–H and O–H groups in total. The molecule has 7 heteroatoms. The Bertz CT molecular complexity index is 1880. The minimum Gasteiger partial charge on any atom is -0.392 e. The van der Waals surface area contributed by atoms with Gasteiger partial charge in [-0.2, -0.15) is 0 Å². The summed E-state index contributed by atoms with van der Waals surface area (Å²) >= 11 is 0. The maximum atomic E-state index is 14.2. The number of fused-ring (bicyclic) bond motifs is 13.